The molecule has 2 fully saturated rings. The summed E-state index contributed by atoms with van der Waals surface area (Å²) in [6, 6.07) is -1.80. The summed E-state index contributed by atoms with van der Waals surface area (Å²) in [5.41, 5.74) is 0. The largest absolute Gasteiger partial charge is 0.614 e. The van der Waals surface area contributed by atoms with Crippen molar-refractivity contribution < 1.29 is 23.7 Å². The number of hydrogen-bond acceptors (Lipinski definition) is 5. The van der Waals surface area contributed by atoms with Gasteiger partial charge in [0.1, 0.15) is 12.5 Å². The van der Waals surface area contributed by atoms with E-state index in [2.05, 4.69) is 27.9 Å². The maximum atomic E-state index is 12.6. The Kier molecular flexibility index (Phi) is 5.50. The van der Waals surface area contributed by atoms with Gasteiger partial charge in [0.05, 0.1) is 0 Å². The predicted octanol–water partition coefficient (Wildman–Crippen LogP) is -0.234. The first kappa shape index (κ1) is 18.1. The Hall–Kier alpha value is -0.260. The van der Waals surface area contributed by atoms with Crippen LogP contribution in [0.2, 0.25) is 0 Å². The number of ether oxygens (including phenoxy) is 1. The van der Waals surface area contributed by atoms with Crippen LogP contribution < -0.4 is 5.32 Å². The lowest BCUT2D eigenvalue weighted by Gasteiger charge is -2.41. The lowest BCUT2D eigenvalue weighted by atomic mass is 9.96. The van der Waals surface area contributed by atoms with Crippen molar-refractivity contribution in [3.63, 3.8) is 0 Å². The van der Waals surface area contributed by atoms with Gasteiger partial charge in [0.2, 0.25) is 11.3 Å². The Balaban J connectivity index is 2.20. The summed E-state index contributed by atoms with van der Waals surface area (Å²) in [6.45, 7) is 3.55. The van der Waals surface area contributed by atoms with Gasteiger partial charge in [0.25, 0.3) is 5.91 Å². The summed E-state index contributed by atoms with van der Waals surface area (Å²) in [5.74, 6) is -1.79. The predicted molar refractivity (Wildman–Crippen MR) is 89.1 cm³/mol. The summed E-state index contributed by atoms with van der Waals surface area (Å²) in [6.07, 6.45) is 0. The lowest BCUT2D eigenvalue weighted by Crippen LogP contribution is -2.72. The van der Waals surface area contributed by atoms with Crippen LogP contribution in [0.15, 0.2) is 0 Å². The Labute approximate surface area is 149 Å². The summed E-state index contributed by atoms with van der Waals surface area (Å²) in [4.78, 5) is 37.1. The van der Waals surface area contributed by atoms with Crippen molar-refractivity contribution in [2.24, 2.45) is 0 Å². The number of rotatable bonds is 5. The zero-order chi connectivity index (χ0) is 16.7. The molecule has 0 aromatic heterocycles. The zero-order valence-electron chi connectivity index (χ0n) is 12.0. The van der Waals surface area contributed by atoms with Gasteiger partial charge in [0, 0.05) is 4.43 Å². The van der Waals surface area contributed by atoms with E-state index in [0.717, 1.165) is 0 Å². The second-order valence-electron chi connectivity index (χ2n) is 5.47. The van der Waals surface area contributed by atoms with E-state index in [9.17, 15) is 18.9 Å². The smallest absolute Gasteiger partial charge is 0.334 e. The van der Waals surface area contributed by atoms with E-state index >= 15 is 0 Å². The first-order valence-corrected chi connectivity index (χ1v) is 9.85. The number of alkyl halides is 2. The molecule has 0 bridgehead atoms. The molecule has 0 radical (unpaired) electrons. The molecule has 124 valence electrons. The van der Waals surface area contributed by atoms with Crippen LogP contribution in [0.25, 0.3) is 0 Å². The fourth-order valence-corrected chi connectivity index (χ4v) is 4.92. The summed E-state index contributed by atoms with van der Waals surface area (Å²) >= 11 is 5.97. The number of halogens is 2. The molecule has 1 unspecified atom stereocenters. The Morgan fingerprint density at radius 2 is 2.18 bits per heavy atom. The first-order valence-electron chi connectivity index (χ1n) is 6.58. The lowest BCUT2D eigenvalue weighted by molar-refractivity contribution is -0.164. The Morgan fingerprint density at radius 1 is 1.55 bits per heavy atom. The van der Waals surface area contributed by atoms with E-state index in [1.165, 1.54) is 4.90 Å². The quantitative estimate of drug-likeness (QED) is 0.200. The van der Waals surface area contributed by atoms with Crippen molar-refractivity contribution in [2.45, 2.75) is 36.1 Å². The van der Waals surface area contributed by atoms with E-state index in [1.54, 1.807) is 13.8 Å². The molecule has 22 heavy (non-hydrogen) atoms. The molecule has 2 rings (SSSR count). The van der Waals surface area contributed by atoms with E-state index in [1.807, 2.05) is 0 Å². The summed E-state index contributed by atoms with van der Waals surface area (Å²) < 4.78 is 17.4. The molecule has 10 heteroatoms. The number of hydrogen-bond donors (Lipinski definition) is 1. The molecule has 2 amide bonds. The van der Waals surface area contributed by atoms with Crippen LogP contribution in [-0.2, 0) is 30.3 Å². The van der Waals surface area contributed by atoms with Crippen molar-refractivity contribution >= 4 is 63.2 Å². The SMILES string of the molecule is CC1(C)[C@H](C(=O)OCCI)N2C(=O)[C@@H](NC(=O)CCl)[C@H]2[S+]1[O-]. The topological polar surface area (TPSA) is 98.8 Å². The van der Waals surface area contributed by atoms with Crippen LogP contribution in [0.5, 0.6) is 0 Å². The molecular weight excluding hydrogens is 447 g/mol. The van der Waals surface area contributed by atoms with Crippen LogP contribution in [-0.4, -0.2) is 66.4 Å². The highest BCUT2D eigenvalue weighted by Crippen LogP contribution is 2.46. The second-order valence-corrected chi connectivity index (χ2v) is 8.95. The van der Waals surface area contributed by atoms with Crippen molar-refractivity contribution in [2.75, 3.05) is 16.9 Å². The van der Waals surface area contributed by atoms with E-state index < -0.39 is 51.2 Å². The fourth-order valence-electron chi connectivity index (χ4n) is 2.70. The van der Waals surface area contributed by atoms with Crippen LogP contribution in [0.3, 0.4) is 0 Å². The minimum absolute atomic E-state index is 0.234. The third kappa shape index (κ3) is 2.80. The fraction of sp³-hybridized carbons (Fsp3) is 0.750. The molecule has 2 heterocycles. The normalized spacial score (nSPS) is 32.2. The first-order chi connectivity index (χ1) is 10.3. The van der Waals surface area contributed by atoms with Crippen molar-refractivity contribution in [1.29, 1.82) is 0 Å². The molecule has 0 saturated carbocycles. The number of nitrogens with zero attached hydrogens (tertiary/aromatic N) is 1. The van der Waals surface area contributed by atoms with Crippen LogP contribution in [0.4, 0.5) is 0 Å². The Morgan fingerprint density at radius 3 is 2.73 bits per heavy atom. The zero-order valence-corrected chi connectivity index (χ0v) is 15.7. The van der Waals surface area contributed by atoms with Crippen LogP contribution in [0, 0.1) is 0 Å². The number of carbonyl (C=O) groups excluding carboxylic acids is 3. The van der Waals surface area contributed by atoms with Crippen LogP contribution in [0.1, 0.15) is 13.8 Å². The summed E-state index contributed by atoms with van der Waals surface area (Å²) in [5, 5.41) is 1.73. The minimum Gasteiger partial charge on any atom is -0.614 e. The Bertz CT molecular complexity index is 506. The average molecular weight is 463 g/mol. The number of fused-ring (bicyclic) bond motifs is 1. The molecule has 2 aliphatic heterocycles. The van der Waals surface area contributed by atoms with E-state index in [-0.39, 0.29) is 12.5 Å². The van der Waals surface area contributed by atoms with Gasteiger partial charge in [-0.3, -0.25) is 14.5 Å². The van der Waals surface area contributed by atoms with Gasteiger partial charge in [0.15, 0.2) is 16.8 Å². The van der Waals surface area contributed by atoms with Gasteiger partial charge in [-0.15, -0.1) is 11.6 Å². The average Bonchev–Trinajstić information content (AvgIpc) is 2.67. The van der Waals surface area contributed by atoms with Gasteiger partial charge >= 0.3 is 5.97 Å². The third-order valence-electron chi connectivity index (χ3n) is 3.74. The maximum absolute atomic E-state index is 12.6. The molecule has 7 nitrogen and oxygen atoms in total. The molecule has 2 saturated heterocycles. The molecule has 2 aliphatic rings. The molecule has 4 atom stereocenters. The number of β-lactam (4-membered cyclic amide) rings is 1. The van der Waals surface area contributed by atoms with Gasteiger partial charge in [-0.2, -0.15) is 0 Å². The van der Waals surface area contributed by atoms with Crippen LogP contribution >= 0.6 is 34.2 Å². The standard InChI is InChI=1S/C12H16ClIN2O5S/c1-12(2)8(11(19)21-4-3-14)16-9(18)7(10(16)22(12)20)15-6(17)5-13/h7-8,10H,3-5H2,1-2H3,(H,15,17)/t7-,8+,10-,22?/m1/s1. The van der Waals surface area contributed by atoms with Crippen molar-refractivity contribution in [3.05, 3.63) is 0 Å². The highest BCUT2D eigenvalue weighted by atomic mass is 127. The van der Waals surface area contributed by atoms with E-state index in [4.69, 9.17) is 16.3 Å². The van der Waals surface area contributed by atoms with Gasteiger partial charge in [-0.25, -0.2) is 4.79 Å². The van der Waals surface area contributed by atoms with Crippen molar-refractivity contribution in [1.82, 2.24) is 10.2 Å². The number of amides is 2. The number of esters is 1. The third-order valence-corrected chi connectivity index (χ3v) is 6.62. The second kappa shape index (κ2) is 6.70. The monoisotopic (exact) mass is 462 g/mol. The number of nitrogens with one attached hydrogen (secondary N) is 1. The van der Waals surface area contributed by atoms with E-state index in [0.29, 0.717) is 4.43 Å². The maximum Gasteiger partial charge on any atom is 0.334 e. The van der Waals surface area contributed by atoms with Gasteiger partial charge in [-0.1, -0.05) is 22.6 Å². The molecular formula is C12H16ClIN2O5S. The highest BCUT2D eigenvalue weighted by molar-refractivity contribution is 14.1. The van der Waals surface area contributed by atoms with Gasteiger partial charge in [-0.05, 0) is 25.0 Å². The number of carbonyl (C=O) groups is 3. The van der Waals surface area contributed by atoms with Gasteiger partial charge < -0.3 is 14.6 Å². The van der Waals surface area contributed by atoms with Crippen molar-refractivity contribution in [3.8, 4) is 0 Å². The molecule has 1 N–H and O–H groups in total. The molecule has 0 aliphatic carbocycles. The summed E-state index contributed by atoms with van der Waals surface area (Å²) in [7, 11) is 0. The highest BCUT2D eigenvalue weighted by Gasteiger charge is 2.73. The minimum atomic E-state index is -1.50. The molecule has 0 spiro atoms. The molecule has 0 aromatic carbocycles. The molecule has 0 aromatic rings.